The Labute approximate surface area is 109 Å². The van der Waals surface area contributed by atoms with Crippen molar-refractivity contribution >= 4 is 11.5 Å². The Hall–Kier alpha value is -1.57. The Morgan fingerprint density at radius 3 is 2.17 bits per heavy atom. The summed E-state index contributed by atoms with van der Waals surface area (Å²) in [6.07, 6.45) is 2.60. The zero-order chi connectivity index (χ0) is 13.3. The average molecular weight is 243 g/mol. The zero-order valence-electron chi connectivity index (χ0n) is 11.4. The number of Topliss-reactive ketones (excluding diaryl/α,β-unsaturated/α-hetero) is 1. The molecule has 0 heterocycles. The van der Waals surface area contributed by atoms with Gasteiger partial charge < -0.3 is 5.73 Å². The number of hydrogen-bond acceptors (Lipinski definition) is 2. The molecule has 1 aliphatic rings. The summed E-state index contributed by atoms with van der Waals surface area (Å²) in [6.45, 7) is 5.59. The monoisotopic (exact) mass is 243 g/mol. The first kappa shape index (κ1) is 12.9. The summed E-state index contributed by atoms with van der Waals surface area (Å²) < 4.78 is 0. The van der Waals surface area contributed by atoms with Gasteiger partial charge in [-0.1, -0.05) is 38.1 Å². The highest BCUT2D eigenvalue weighted by Gasteiger charge is 2.23. The van der Waals surface area contributed by atoms with Crippen molar-refractivity contribution in [3.05, 3.63) is 41.0 Å². The van der Waals surface area contributed by atoms with Crippen LogP contribution in [-0.4, -0.2) is 5.78 Å². The van der Waals surface area contributed by atoms with Crippen LogP contribution in [0.4, 0.5) is 0 Å². The first-order chi connectivity index (χ1) is 8.50. The largest absolute Gasteiger partial charge is 0.398 e. The van der Waals surface area contributed by atoms with Crippen LogP contribution in [0.1, 0.15) is 50.7 Å². The number of carbonyl (C=O) groups excluding carboxylic acids is 1. The van der Waals surface area contributed by atoms with Crippen molar-refractivity contribution in [3.8, 4) is 0 Å². The number of hydrogen-bond donors (Lipinski definition) is 1. The third kappa shape index (κ3) is 2.63. The standard InChI is InChI=1S/C16H21NO/c1-10(2)15(11(3)18)16(17)14-8-6-13(7-9-14)12-4-5-12/h6-10,12H,4-5,17H2,1-3H3/b16-15-. The Bertz CT molecular complexity index is 478. The molecule has 2 heteroatoms. The van der Waals surface area contributed by atoms with Crippen molar-refractivity contribution in [2.75, 3.05) is 0 Å². The van der Waals surface area contributed by atoms with Crippen LogP contribution in [0.5, 0.6) is 0 Å². The second-order valence-electron chi connectivity index (χ2n) is 5.43. The molecule has 1 saturated carbocycles. The first-order valence-electron chi connectivity index (χ1n) is 6.61. The summed E-state index contributed by atoms with van der Waals surface area (Å²) in [5.41, 5.74) is 9.84. The zero-order valence-corrected chi connectivity index (χ0v) is 11.4. The molecule has 1 aromatic rings. The lowest BCUT2D eigenvalue weighted by atomic mass is 9.94. The fourth-order valence-electron chi connectivity index (χ4n) is 2.41. The minimum Gasteiger partial charge on any atom is -0.398 e. The lowest BCUT2D eigenvalue weighted by Crippen LogP contribution is -2.12. The van der Waals surface area contributed by atoms with Gasteiger partial charge in [-0.05, 0) is 42.7 Å². The van der Waals surface area contributed by atoms with Gasteiger partial charge in [-0.3, -0.25) is 4.79 Å². The van der Waals surface area contributed by atoms with Crippen LogP contribution in [0.25, 0.3) is 5.70 Å². The predicted molar refractivity (Wildman–Crippen MR) is 75.0 cm³/mol. The van der Waals surface area contributed by atoms with Crippen molar-refractivity contribution in [2.45, 2.75) is 39.5 Å². The molecule has 0 radical (unpaired) electrons. The molecule has 0 aliphatic heterocycles. The van der Waals surface area contributed by atoms with Gasteiger partial charge in [-0.25, -0.2) is 0 Å². The van der Waals surface area contributed by atoms with E-state index >= 15 is 0 Å². The highest BCUT2D eigenvalue weighted by Crippen LogP contribution is 2.40. The third-order valence-corrected chi connectivity index (χ3v) is 3.52. The topological polar surface area (TPSA) is 43.1 Å². The summed E-state index contributed by atoms with van der Waals surface area (Å²) in [4.78, 5) is 11.6. The van der Waals surface area contributed by atoms with E-state index in [1.807, 2.05) is 26.0 Å². The summed E-state index contributed by atoms with van der Waals surface area (Å²) in [7, 11) is 0. The number of nitrogens with two attached hydrogens (primary N) is 1. The Morgan fingerprint density at radius 2 is 1.78 bits per heavy atom. The van der Waals surface area contributed by atoms with E-state index in [1.165, 1.54) is 18.4 Å². The van der Waals surface area contributed by atoms with Crippen LogP contribution >= 0.6 is 0 Å². The lowest BCUT2D eigenvalue weighted by Gasteiger charge is -2.13. The quantitative estimate of drug-likeness (QED) is 0.823. The number of carbonyl (C=O) groups is 1. The van der Waals surface area contributed by atoms with Gasteiger partial charge in [0.25, 0.3) is 0 Å². The van der Waals surface area contributed by atoms with E-state index in [1.54, 1.807) is 6.92 Å². The molecule has 2 nitrogen and oxygen atoms in total. The van der Waals surface area contributed by atoms with Gasteiger partial charge >= 0.3 is 0 Å². The predicted octanol–water partition coefficient (Wildman–Crippen LogP) is 3.48. The third-order valence-electron chi connectivity index (χ3n) is 3.52. The van der Waals surface area contributed by atoms with Crippen molar-refractivity contribution in [2.24, 2.45) is 11.7 Å². The minimum atomic E-state index is 0.0637. The molecular weight excluding hydrogens is 222 g/mol. The number of ketones is 1. The molecule has 1 fully saturated rings. The Morgan fingerprint density at radius 1 is 1.22 bits per heavy atom. The van der Waals surface area contributed by atoms with Crippen molar-refractivity contribution < 1.29 is 4.79 Å². The maximum Gasteiger partial charge on any atom is 0.158 e. The van der Waals surface area contributed by atoms with Gasteiger partial charge in [0.2, 0.25) is 0 Å². The minimum absolute atomic E-state index is 0.0637. The molecule has 0 bridgehead atoms. The van der Waals surface area contributed by atoms with Crippen LogP contribution in [0.3, 0.4) is 0 Å². The van der Waals surface area contributed by atoms with E-state index in [9.17, 15) is 4.79 Å². The van der Waals surface area contributed by atoms with Crippen molar-refractivity contribution in [3.63, 3.8) is 0 Å². The van der Waals surface area contributed by atoms with Crippen molar-refractivity contribution in [1.29, 1.82) is 0 Å². The van der Waals surface area contributed by atoms with E-state index in [0.717, 1.165) is 17.1 Å². The lowest BCUT2D eigenvalue weighted by molar-refractivity contribution is -0.113. The van der Waals surface area contributed by atoms with E-state index < -0.39 is 0 Å². The molecule has 96 valence electrons. The highest BCUT2D eigenvalue weighted by atomic mass is 16.1. The highest BCUT2D eigenvalue weighted by molar-refractivity contribution is 6.00. The van der Waals surface area contributed by atoms with Crippen molar-refractivity contribution in [1.82, 2.24) is 0 Å². The summed E-state index contributed by atoms with van der Waals surface area (Å²) >= 11 is 0. The molecule has 0 spiro atoms. The summed E-state index contributed by atoms with van der Waals surface area (Å²) in [6, 6.07) is 8.35. The molecule has 1 aromatic carbocycles. The van der Waals surface area contributed by atoms with E-state index in [0.29, 0.717) is 5.70 Å². The molecule has 0 atom stereocenters. The SMILES string of the molecule is CC(=O)/C(=C(\N)c1ccc(C2CC2)cc1)C(C)C. The van der Waals surface area contributed by atoms with E-state index in [2.05, 4.69) is 12.1 Å². The van der Waals surface area contributed by atoms with Gasteiger partial charge in [0, 0.05) is 11.3 Å². The molecule has 18 heavy (non-hydrogen) atoms. The maximum absolute atomic E-state index is 11.6. The second-order valence-corrected chi connectivity index (χ2v) is 5.43. The van der Waals surface area contributed by atoms with Gasteiger partial charge in [0.1, 0.15) is 0 Å². The molecule has 0 saturated heterocycles. The summed E-state index contributed by atoms with van der Waals surface area (Å²) in [5, 5.41) is 0. The fraction of sp³-hybridized carbons (Fsp3) is 0.438. The first-order valence-corrected chi connectivity index (χ1v) is 6.61. The average Bonchev–Trinajstić information content (AvgIpc) is 3.12. The van der Waals surface area contributed by atoms with Crippen LogP contribution in [-0.2, 0) is 4.79 Å². The van der Waals surface area contributed by atoms with Gasteiger partial charge in [-0.2, -0.15) is 0 Å². The van der Waals surface area contributed by atoms with Crippen LogP contribution in [0.2, 0.25) is 0 Å². The Balaban J connectivity index is 2.33. The number of rotatable bonds is 4. The molecule has 2 rings (SSSR count). The molecule has 1 aliphatic carbocycles. The number of allylic oxidation sites excluding steroid dienone is 1. The molecular formula is C16H21NO. The van der Waals surface area contributed by atoms with Gasteiger partial charge in [0.15, 0.2) is 5.78 Å². The van der Waals surface area contributed by atoms with Gasteiger partial charge in [0.05, 0.1) is 0 Å². The summed E-state index contributed by atoms with van der Waals surface area (Å²) in [5.74, 6) is 0.973. The molecule has 2 N–H and O–H groups in total. The fourth-order valence-corrected chi connectivity index (χ4v) is 2.41. The molecule has 0 aromatic heterocycles. The number of benzene rings is 1. The van der Waals surface area contributed by atoms with Crippen LogP contribution < -0.4 is 5.73 Å². The van der Waals surface area contributed by atoms with Crippen LogP contribution in [0, 0.1) is 5.92 Å². The van der Waals surface area contributed by atoms with Crippen LogP contribution in [0.15, 0.2) is 29.8 Å². The second kappa shape index (κ2) is 4.97. The van der Waals surface area contributed by atoms with Gasteiger partial charge in [-0.15, -0.1) is 0 Å². The van der Waals surface area contributed by atoms with E-state index in [4.69, 9.17) is 5.73 Å². The Kier molecular flexibility index (Phi) is 3.55. The maximum atomic E-state index is 11.6. The smallest absolute Gasteiger partial charge is 0.158 e. The molecule has 0 amide bonds. The van der Waals surface area contributed by atoms with E-state index in [-0.39, 0.29) is 11.7 Å². The molecule has 0 unspecified atom stereocenters. The normalized spacial score (nSPS) is 16.7.